The van der Waals surface area contributed by atoms with Gasteiger partial charge in [0.2, 0.25) is 0 Å². The third-order valence-electron chi connectivity index (χ3n) is 2.15. The van der Waals surface area contributed by atoms with Gasteiger partial charge in [-0.3, -0.25) is 0 Å². The zero-order chi connectivity index (χ0) is 11.5. The summed E-state index contributed by atoms with van der Waals surface area (Å²) in [5.74, 6) is 5.99. The Morgan fingerprint density at radius 2 is 1.69 bits per heavy atom. The summed E-state index contributed by atoms with van der Waals surface area (Å²) in [5.41, 5.74) is 1.22. The van der Waals surface area contributed by atoms with Gasteiger partial charge in [-0.05, 0) is 19.1 Å². The third-order valence-corrected chi connectivity index (χ3v) is 2.15. The minimum absolute atomic E-state index is 0.482. The van der Waals surface area contributed by atoms with E-state index < -0.39 is 6.48 Å². The summed E-state index contributed by atoms with van der Waals surface area (Å²) in [5, 5.41) is 0. The number of benzene rings is 1. The average molecular weight is 214 g/mol. The number of hydrogen-bond acceptors (Lipinski definition) is 3. The molecule has 0 saturated carbocycles. The smallest absolute Gasteiger partial charge is 0.361 e. The van der Waals surface area contributed by atoms with Crippen LogP contribution in [0, 0.1) is 24.7 Å². The number of fused-ring (bicyclic) bond motifs is 1. The minimum Gasteiger partial charge on any atom is -0.427 e. The lowest BCUT2D eigenvalue weighted by Gasteiger charge is -2.08. The van der Waals surface area contributed by atoms with Crippen molar-refractivity contribution >= 4 is 0 Å². The highest BCUT2D eigenvalue weighted by atomic mass is 16.9. The van der Waals surface area contributed by atoms with Crippen LogP contribution in [0.15, 0.2) is 12.1 Å². The second kappa shape index (κ2) is 4.18. The van der Waals surface area contributed by atoms with Crippen LogP contribution in [-0.4, -0.2) is 13.1 Å². The summed E-state index contributed by atoms with van der Waals surface area (Å²) < 4.78 is 16.1. The van der Waals surface area contributed by atoms with E-state index in [9.17, 15) is 0 Å². The minimum atomic E-state index is -0.762. The normalized spacial score (nSPS) is 13.2. The standard InChI is InChI=1S/C13H10O3/c1-4-9-7-8-10(5-2)12-11(9)15-13(16-12)14-6-3/h1-2,7-8,13H,6H2,3H3. The molecular formula is C13H10O3. The van der Waals surface area contributed by atoms with Crippen LogP contribution in [0.4, 0.5) is 0 Å². The van der Waals surface area contributed by atoms with Gasteiger partial charge >= 0.3 is 6.48 Å². The van der Waals surface area contributed by atoms with E-state index in [1.54, 1.807) is 12.1 Å². The van der Waals surface area contributed by atoms with Crippen molar-refractivity contribution in [3.8, 4) is 36.2 Å². The first-order valence-electron chi connectivity index (χ1n) is 4.85. The Kier molecular flexibility index (Phi) is 2.72. The van der Waals surface area contributed by atoms with E-state index in [1.807, 2.05) is 6.92 Å². The summed E-state index contributed by atoms with van der Waals surface area (Å²) in [7, 11) is 0. The lowest BCUT2D eigenvalue weighted by molar-refractivity contribution is -0.173. The molecule has 3 nitrogen and oxygen atoms in total. The molecule has 16 heavy (non-hydrogen) atoms. The summed E-state index contributed by atoms with van der Waals surface area (Å²) in [4.78, 5) is 0. The molecule has 1 aromatic rings. The fourth-order valence-electron chi connectivity index (χ4n) is 1.44. The van der Waals surface area contributed by atoms with Crippen molar-refractivity contribution in [1.82, 2.24) is 0 Å². The van der Waals surface area contributed by atoms with Crippen molar-refractivity contribution in [1.29, 1.82) is 0 Å². The van der Waals surface area contributed by atoms with Gasteiger partial charge in [0, 0.05) is 0 Å². The summed E-state index contributed by atoms with van der Waals surface area (Å²) in [6.07, 6.45) is 10.7. The van der Waals surface area contributed by atoms with Gasteiger partial charge in [0.1, 0.15) is 0 Å². The van der Waals surface area contributed by atoms with Gasteiger partial charge in [0.15, 0.2) is 11.5 Å². The van der Waals surface area contributed by atoms with Crippen molar-refractivity contribution in [2.24, 2.45) is 0 Å². The molecule has 1 heterocycles. The second-order valence-corrected chi connectivity index (χ2v) is 3.09. The summed E-state index contributed by atoms with van der Waals surface area (Å²) in [6.45, 7) is 1.57. The maximum absolute atomic E-state index is 5.43. The van der Waals surface area contributed by atoms with Gasteiger partial charge in [-0.25, -0.2) is 0 Å². The van der Waals surface area contributed by atoms with Crippen LogP contribution in [0.3, 0.4) is 0 Å². The molecule has 1 aliphatic rings. The Bertz CT molecular complexity index is 448. The Labute approximate surface area is 94.3 Å². The number of hydrogen-bond donors (Lipinski definition) is 0. The molecule has 0 atom stereocenters. The van der Waals surface area contributed by atoms with Gasteiger partial charge < -0.3 is 14.2 Å². The molecule has 1 aromatic carbocycles. The fourth-order valence-corrected chi connectivity index (χ4v) is 1.44. The van der Waals surface area contributed by atoms with Crippen LogP contribution in [0.25, 0.3) is 0 Å². The molecule has 0 radical (unpaired) electrons. The Balaban J connectivity index is 2.42. The van der Waals surface area contributed by atoms with Crippen molar-refractivity contribution in [2.45, 2.75) is 13.4 Å². The van der Waals surface area contributed by atoms with Crippen molar-refractivity contribution < 1.29 is 14.2 Å². The highest BCUT2D eigenvalue weighted by Crippen LogP contribution is 2.40. The molecule has 80 valence electrons. The van der Waals surface area contributed by atoms with Crippen LogP contribution in [0.1, 0.15) is 18.1 Å². The van der Waals surface area contributed by atoms with Gasteiger partial charge in [0.05, 0.1) is 17.7 Å². The van der Waals surface area contributed by atoms with E-state index in [2.05, 4.69) is 11.8 Å². The molecule has 2 rings (SSSR count). The zero-order valence-electron chi connectivity index (χ0n) is 8.82. The molecule has 0 aliphatic carbocycles. The largest absolute Gasteiger partial charge is 0.427 e. The number of rotatable bonds is 2. The van der Waals surface area contributed by atoms with Crippen molar-refractivity contribution in [3.63, 3.8) is 0 Å². The average Bonchev–Trinajstić information content (AvgIpc) is 2.71. The predicted octanol–water partition coefficient (Wildman–Crippen LogP) is 1.74. The highest BCUT2D eigenvalue weighted by Gasteiger charge is 2.29. The third kappa shape index (κ3) is 1.58. The molecule has 0 N–H and O–H groups in total. The highest BCUT2D eigenvalue weighted by molar-refractivity contribution is 5.62. The van der Waals surface area contributed by atoms with Crippen LogP contribution < -0.4 is 9.47 Å². The fraction of sp³-hybridized carbons (Fsp3) is 0.231. The van der Waals surface area contributed by atoms with Gasteiger partial charge in [-0.1, -0.05) is 11.8 Å². The van der Waals surface area contributed by atoms with Crippen LogP contribution in [0.5, 0.6) is 11.5 Å². The maximum atomic E-state index is 5.43. The maximum Gasteiger partial charge on any atom is 0.361 e. The predicted molar refractivity (Wildman–Crippen MR) is 59.0 cm³/mol. The monoisotopic (exact) mass is 214 g/mol. The topological polar surface area (TPSA) is 27.7 Å². The van der Waals surface area contributed by atoms with E-state index >= 15 is 0 Å². The molecular weight excluding hydrogens is 204 g/mol. The van der Waals surface area contributed by atoms with Crippen LogP contribution >= 0.6 is 0 Å². The van der Waals surface area contributed by atoms with Crippen molar-refractivity contribution in [3.05, 3.63) is 23.3 Å². The summed E-state index contributed by atoms with van der Waals surface area (Å²) in [6, 6.07) is 3.46. The van der Waals surface area contributed by atoms with Crippen LogP contribution in [-0.2, 0) is 4.74 Å². The first-order chi connectivity index (χ1) is 7.80. The SMILES string of the molecule is C#Cc1ccc(C#C)c2c1OC(OCC)O2. The van der Waals surface area contributed by atoms with E-state index in [0.717, 1.165) is 0 Å². The Hall–Kier alpha value is -2.10. The molecule has 0 amide bonds. The molecule has 0 fully saturated rings. The van der Waals surface area contributed by atoms with E-state index in [1.165, 1.54) is 0 Å². The van der Waals surface area contributed by atoms with Gasteiger partial charge in [-0.2, -0.15) is 0 Å². The first kappa shape index (κ1) is 10.4. The Morgan fingerprint density at radius 1 is 1.19 bits per heavy atom. The van der Waals surface area contributed by atoms with E-state index in [4.69, 9.17) is 27.1 Å². The number of terminal acetylenes is 2. The van der Waals surface area contributed by atoms with Gasteiger partial charge in [0.25, 0.3) is 0 Å². The van der Waals surface area contributed by atoms with Crippen molar-refractivity contribution in [2.75, 3.05) is 6.61 Å². The Morgan fingerprint density at radius 3 is 2.06 bits per heavy atom. The molecule has 0 unspecified atom stereocenters. The lowest BCUT2D eigenvalue weighted by atomic mass is 10.1. The number of ether oxygens (including phenoxy) is 3. The van der Waals surface area contributed by atoms with E-state index in [-0.39, 0.29) is 0 Å². The molecule has 1 aliphatic heterocycles. The summed E-state index contributed by atoms with van der Waals surface area (Å²) >= 11 is 0. The molecule has 3 heteroatoms. The molecule has 0 bridgehead atoms. The van der Waals surface area contributed by atoms with E-state index in [0.29, 0.717) is 29.2 Å². The van der Waals surface area contributed by atoms with Gasteiger partial charge in [-0.15, -0.1) is 12.8 Å². The quantitative estimate of drug-likeness (QED) is 0.702. The zero-order valence-corrected chi connectivity index (χ0v) is 8.82. The molecule has 0 aromatic heterocycles. The second-order valence-electron chi connectivity index (χ2n) is 3.09. The lowest BCUT2D eigenvalue weighted by Crippen LogP contribution is -2.21. The molecule has 0 spiro atoms. The van der Waals surface area contributed by atoms with Crippen LogP contribution in [0.2, 0.25) is 0 Å². The molecule has 0 saturated heterocycles. The first-order valence-corrected chi connectivity index (χ1v) is 4.85.